The second-order valence-corrected chi connectivity index (χ2v) is 8.45. The molecule has 180 valence electrons. The molecule has 0 atom stereocenters. The Morgan fingerprint density at radius 3 is 2.46 bits per heavy atom. The molecule has 0 unspecified atom stereocenters. The van der Waals surface area contributed by atoms with Gasteiger partial charge in [-0.3, -0.25) is 9.59 Å². The van der Waals surface area contributed by atoms with E-state index in [4.69, 9.17) is 4.74 Å². The van der Waals surface area contributed by atoms with Gasteiger partial charge in [0, 0.05) is 11.1 Å². The van der Waals surface area contributed by atoms with E-state index in [1.54, 1.807) is 42.1 Å². The van der Waals surface area contributed by atoms with Crippen LogP contribution in [-0.2, 0) is 16.1 Å². The van der Waals surface area contributed by atoms with E-state index in [0.29, 0.717) is 27.8 Å². The highest BCUT2D eigenvalue weighted by molar-refractivity contribution is 5.93. The zero-order valence-electron chi connectivity index (χ0n) is 20.1. The van der Waals surface area contributed by atoms with Crippen molar-refractivity contribution >= 4 is 28.5 Å². The van der Waals surface area contributed by atoms with Crippen LogP contribution in [0.2, 0.25) is 0 Å². The average Bonchev–Trinajstić information content (AvgIpc) is 3.27. The van der Waals surface area contributed by atoms with Crippen LogP contribution >= 0.6 is 0 Å². The van der Waals surface area contributed by atoms with Gasteiger partial charge in [-0.25, -0.2) is 14.2 Å². The minimum atomic E-state index is -0.430. The highest BCUT2D eigenvalue weighted by atomic mass is 16.5. The Bertz CT molecular complexity index is 1450. The maximum Gasteiger partial charge on any atom is 0.338 e. The maximum absolute atomic E-state index is 13.4. The molecule has 0 bridgehead atoms. The number of esters is 1. The Morgan fingerprint density at radius 2 is 1.80 bits per heavy atom. The Balaban J connectivity index is 1.66. The summed E-state index contributed by atoms with van der Waals surface area (Å²) in [6.45, 7) is 7.66. The Hall–Kier alpha value is -4.27. The third kappa shape index (κ3) is 4.84. The summed E-state index contributed by atoms with van der Waals surface area (Å²) in [5, 5.41) is 12.4. The zero-order chi connectivity index (χ0) is 25.1. The quantitative estimate of drug-likeness (QED) is 0.409. The first-order valence-corrected chi connectivity index (χ1v) is 11.4. The van der Waals surface area contributed by atoms with E-state index in [9.17, 15) is 14.4 Å². The zero-order valence-corrected chi connectivity index (χ0v) is 20.1. The minimum absolute atomic E-state index is 0.0114. The van der Waals surface area contributed by atoms with Gasteiger partial charge in [0.1, 0.15) is 12.1 Å². The summed E-state index contributed by atoms with van der Waals surface area (Å²) in [6.07, 6.45) is 1.65. The summed E-state index contributed by atoms with van der Waals surface area (Å²) in [7, 11) is 0. The van der Waals surface area contributed by atoms with E-state index >= 15 is 0 Å². The molecule has 4 rings (SSSR count). The fourth-order valence-corrected chi connectivity index (χ4v) is 3.85. The predicted octanol–water partition coefficient (Wildman–Crippen LogP) is 3.83. The van der Waals surface area contributed by atoms with Crippen LogP contribution in [0.4, 0.5) is 5.69 Å². The number of amides is 1. The molecule has 2 heterocycles. The van der Waals surface area contributed by atoms with Gasteiger partial charge in [0.05, 0.1) is 29.7 Å². The smallest absolute Gasteiger partial charge is 0.338 e. The second kappa shape index (κ2) is 9.92. The number of carbonyl (C=O) groups is 2. The molecule has 1 amide bonds. The molecule has 0 aliphatic rings. The number of aromatic nitrogens is 4. The van der Waals surface area contributed by atoms with E-state index in [-0.39, 0.29) is 19.1 Å². The Labute approximate surface area is 202 Å². The monoisotopic (exact) mass is 473 g/mol. The van der Waals surface area contributed by atoms with Gasteiger partial charge in [0.25, 0.3) is 5.56 Å². The van der Waals surface area contributed by atoms with E-state index in [2.05, 4.69) is 15.5 Å². The number of fused-ring (bicyclic) bond motifs is 1. The number of benzene rings is 2. The van der Waals surface area contributed by atoms with Crippen LogP contribution in [0.1, 0.15) is 48.3 Å². The summed E-state index contributed by atoms with van der Waals surface area (Å²) < 4.78 is 7.76. The number of anilines is 1. The first kappa shape index (κ1) is 23.9. The van der Waals surface area contributed by atoms with Crippen molar-refractivity contribution in [3.05, 3.63) is 81.9 Å². The summed E-state index contributed by atoms with van der Waals surface area (Å²) >= 11 is 0. The molecule has 0 saturated carbocycles. The summed E-state index contributed by atoms with van der Waals surface area (Å²) in [5.41, 5.74) is 3.30. The number of ether oxygens (including phenoxy) is 1. The van der Waals surface area contributed by atoms with Gasteiger partial charge in [0.2, 0.25) is 5.91 Å². The third-order valence-electron chi connectivity index (χ3n) is 5.57. The molecule has 0 fully saturated rings. The highest BCUT2D eigenvalue weighted by Gasteiger charge is 2.20. The molecule has 0 radical (unpaired) electrons. The first-order valence-electron chi connectivity index (χ1n) is 11.4. The van der Waals surface area contributed by atoms with Gasteiger partial charge in [-0.2, -0.15) is 10.2 Å². The lowest BCUT2D eigenvalue weighted by Gasteiger charge is -2.13. The SMILES string of the molecule is CCOC(=O)c1ccc(NC(=O)Cn2nc(C(C)C)c3cnn(-c4ccccc4C)c3c2=O)cc1. The molecule has 0 aliphatic carbocycles. The number of nitrogens with one attached hydrogen (secondary N) is 1. The summed E-state index contributed by atoms with van der Waals surface area (Å²) in [4.78, 5) is 38.1. The van der Waals surface area contributed by atoms with Gasteiger partial charge < -0.3 is 10.1 Å². The molecule has 9 heteroatoms. The lowest BCUT2D eigenvalue weighted by Crippen LogP contribution is -2.31. The average molecular weight is 474 g/mol. The number of rotatable bonds is 7. The Kier molecular flexibility index (Phi) is 6.77. The maximum atomic E-state index is 13.4. The molecule has 4 aromatic rings. The number of aryl methyl sites for hydroxylation is 1. The molecule has 0 saturated heterocycles. The molecule has 0 aliphatic heterocycles. The molecule has 9 nitrogen and oxygen atoms in total. The van der Waals surface area contributed by atoms with Crippen molar-refractivity contribution in [3.63, 3.8) is 0 Å². The van der Waals surface area contributed by atoms with Gasteiger partial charge in [-0.15, -0.1) is 0 Å². The normalized spacial score (nSPS) is 11.1. The van der Waals surface area contributed by atoms with E-state index in [1.807, 2.05) is 45.0 Å². The fraction of sp³-hybridized carbons (Fsp3) is 0.269. The lowest BCUT2D eigenvalue weighted by atomic mass is 10.1. The van der Waals surface area contributed by atoms with Crippen LogP contribution in [-0.4, -0.2) is 38.0 Å². The van der Waals surface area contributed by atoms with Crippen molar-refractivity contribution < 1.29 is 14.3 Å². The first-order chi connectivity index (χ1) is 16.8. The molecular weight excluding hydrogens is 446 g/mol. The molecule has 0 spiro atoms. The van der Waals surface area contributed by atoms with Crippen LogP contribution in [0, 0.1) is 6.92 Å². The largest absolute Gasteiger partial charge is 0.462 e. The van der Waals surface area contributed by atoms with Gasteiger partial charge in [0.15, 0.2) is 0 Å². The number of hydrogen-bond donors (Lipinski definition) is 1. The van der Waals surface area contributed by atoms with Crippen LogP contribution in [0.15, 0.2) is 59.5 Å². The van der Waals surface area contributed by atoms with E-state index in [1.165, 1.54) is 4.68 Å². The Morgan fingerprint density at radius 1 is 1.09 bits per heavy atom. The van der Waals surface area contributed by atoms with Crippen LogP contribution in [0.25, 0.3) is 16.6 Å². The van der Waals surface area contributed by atoms with E-state index in [0.717, 1.165) is 11.3 Å². The van der Waals surface area contributed by atoms with Crippen molar-refractivity contribution in [1.82, 2.24) is 19.6 Å². The number of hydrogen-bond acceptors (Lipinski definition) is 6. The fourth-order valence-electron chi connectivity index (χ4n) is 3.85. The molecule has 2 aromatic heterocycles. The van der Waals surface area contributed by atoms with Crippen molar-refractivity contribution in [1.29, 1.82) is 0 Å². The molecule has 2 aromatic carbocycles. The summed E-state index contributed by atoms with van der Waals surface area (Å²) in [6, 6.07) is 14.0. The third-order valence-corrected chi connectivity index (χ3v) is 5.57. The van der Waals surface area contributed by atoms with Gasteiger partial charge in [-0.05, 0) is 55.7 Å². The van der Waals surface area contributed by atoms with Crippen molar-refractivity contribution in [2.24, 2.45) is 0 Å². The minimum Gasteiger partial charge on any atom is -0.462 e. The van der Waals surface area contributed by atoms with Crippen LogP contribution in [0.5, 0.6) is 0 Å². The second-order valence-electron chi connectivity index (χ2n) is 8.45. The van der Waals surface area contributed by atoms with Crippen molar-refractivity contribution in [2.75, 3.05) is 11.9 Å². The van der Waals surface area contributed by atoms with Crippen molar-refractivity contribution in [2.45, 2.75) is 40.2 Å². The van der Waals surface area contributed by atoms with Gasteiger partial charge >= 0.3 is 5.97 Å². The number of nitrogens with zero attached hydrogens (tertiary/aromatic N) is 4. The number of carbonyl (C=O) groups excluding carboxylic acids is 2. The topological polar surface area (TPSA) is 108 Å². The van der Waals surface area contributed by atoms with Crippen LogP contribution in [0.3, 0.4) is 0 Å². The molecule has 35 heavy (non-hydrogen) atoms. The lowest BCUT2D eigenvalue weighted by molar-refractivity contribution is -0.117. The van der Waals surface area contributed by atoms with Crippen molar-refractivity contribution in [3.8, 4) is 5.69 Å². The molecule has 1 N–H and O–H groups in total. The summed E-state index contributed by atoms with van der Waals surface area (Å²) in [5.74, 6) is -0.835. The molecular formula is C26H27N5O4. The van der Waals surface area contributed by atoms with E-state index < -0.39 is 17.4 Å². The number of para-hydroxylation sites is 1. The standard InChI is InChI=1S/C26H27N5O4/c1-5-35-26(34)18-10-12-19(13-11-18)28-22(32)15-30-25(33)24-20(23(29-30)16(2)3)14-27-31(24)21-9-7-6-8-17(21)4/h6-14,16H,5,15H2,1-4H3,(H,28,32). The van der Waals surface area contributed by atoms with Gasteiger partial charge in [-0.1, -0.05) is 32.0 Å². The predicted molar refractivity (Wildman–Crippen MR) is 133 cm³/mol. The van der Waals surface area contributed by atoms with Crippen LogP contribution < -0.4 is 10.9 Å². The highest BCUT2D eigenvalue weighted by Crippen LogP contribution is 2.24.